The first kappa shape index (κ1) is 12.1. The molecule has 1 atom stereocenters. The molecule has 0 aliphatic heterocycles. The Hall–Kier alpha value is -0.950. The summed E-state index contributed by atoms with van der Waals surface area (Å²) in [6.45, 7) is 1.69. The first-order valence-corrected chi connectivity index (χ1v) is 5.00. The van der Waals surface area contributed by atoms with E-state index in [0.717, 1.165) is 6.20 Å². The monoisotopic (exact) mass is 238 g/mol. The van der Waals surface area contributed by atoms with Crippen molar-refractivity contribution in [2.45, 2.75) is 25.6 Å². The zero-order valence-electron chi connectivity index (χ0n) is 7.84. The molecule has 0 aliphatic rings. The normalized spacial score (nSPS) is 13.9. The second-order valence-corrected chi connectivity index (χ2v) is 3.94. The molecule has 0 bridgehead atoms. The van der Waals surface area contributed by atoms with E-state index in [-0.39, 0.29) is 4.88 Å². The highest BCUT2D eigenvalue weighted by Crippen LogP contribution is 2.32. The smallest absolute Gasteiger partial charge is 0.321 e. The van der Waals surface area contributed by atoms with Crippen molar-refractivity contribution in [1.82, 2.24) is 4.98 Å². The maximum atomic E-state index is 12.2. The highest BCUT2D eigenvalue weighted by molar-refractivity contribution is 7.13. The molecule has 0 fully saturated rings. The Labute approximate surface area is 88.1 Å². The maximum Gasteiger partial charge on any atom is 0.443 e. The van der Waals surface area contributed by atoms with E-state index in [1.165, 1.54) is 0 Å². The van der Waals surface area contributed by atoms with Gasteiger partial charge in [-0.25, -0.2) is 4.98 Å². The lowest BCUT2D eigenvalue weighted by Crippen LogP contribution is -2.28. The van der Waals surface area contributed by atoms with Crippen molar-refractivity contribution in [1.29, 1.82) is 0 Å². The number of thiazole rings is 1. The maximum absolute atomic E-state index is 12.2. The summed E-state index contributed by atoms with van der Waals surface area (Å²) in [5.74, 6) is -0.495. The van der Waals surface area contributed by atoms with Crippen LogP contribution in [0.5, 0.6) is 0 Å². The van der Waals surface area contributed by atoms with Crippen LogP contribution in [0.2, 0.25) is 0 Å². The number of halogens is 3. The number of ketones is 1. The fourth-order valence-electron chi connectivity index (χ4n) is 0.887. The van der Waals surface area contributed by atoms with Gasteiger partial charge in [-0.15, -0.1) is 11.3 Å². The molecule has 0 radical (unpaired) electrons. The SMILES string of the molecule is CCC(N)C(=O)c1cnc(C(F)(F)F)s1. The molecule has 1 unspecified atom stereocenters. The van der Waals surface area contributed by atoms with Crippen LogP contribution in [-0.2, 0) is 6.18 Å². The second kappa shape index (κ2) is 4.28. The van der Waals surface area contributed by atoms with Crippen LogP contribution in [0.4, 0.5) is 13.2 Å². The van der Waals surface area contributed by atoms with Gasteiger partial charge in [0, 0.05) is 6.20 Å². The van der Waals surface area contributed by atoms with Gasteiger partial charge in [0.25, 0.3) is 0 Å². The lowest BCUT2D eigenvalue weighted by molar-refractivity contribution is -0.137. The van der Waals surface area contributed by atoms with Crippen LogP contribution in [0.1, 0.15) is 28.0 Å². The van der Waals surface area contributed by atoms with E-state index in [4.69, 9.17) is 5.73 Å². The number of aromatic nitrogens is 1. The second-order valence-electron chi connectivity index (χ2n) is 2.91. The average molecular weight is 238 g/mol. The molecule has 1 aromatic heterocycles. The third-order valence-electron chi connectivity index (χ3n) is 1.77. The molecule has 0 aliphatic carbocycles. The summed E-state index contributed by atoms with van der Waals surface area (Å²) in [4.78, 5) is 14.5. The Morgan fingerprint density at radius 1 is 1.67 bits per heavy atom. The number of nitrogens with zero attached hydrogens (tertiary/aromatic N) is 1. The highest BCUT2D eigenvalue weighted by Gasteiger charge is 2.35. The minimum absolute atomic E-state index is 0.0447. The minimum atomic E-state index is -4.50. The van der Waals surface area contributed by atoms with Gasteiger partial charge in [-0.3, -0.25) is 4.79 Å². The van der Waals surface area contributed by atoms with E-state index < -0.39 is 23.0 Å². The van der Waals surface area contributed by atoms with Gasteiger partial charge in [-0.2, -0.15) is 13.2 Å². The molecular weight excluding hydrogens is 229 g/mol. The summed E-state index contributed by atoms with van der Waals surface area (Å²) in [5, 5.41) is -1.02. The average Bonchev–Trinajstić information content (AvgIpc) is 2.63. The Morgan fingerprint density at radius 2 is 2.27 bits per heavy atom. The number of Topliss-reactive ketones (excluding diaryl/α,β-unsaturated/α-hetero) is 1. The summed E-state index contributed by atoms with van der Waals surface area (Å²) in [7, 11) is 0. The lowest BCUT2D eigenvalue weighted by Gasteiger charge is -2.04. The largest absolute Gasteiger partial charge is 0.443 e. The van der Waals surface area contributed by atoms with E-state index >= 15 is 0 Å². The molecule has 2 N–H and O–H groups in total. The van der Waals surface area contributed by atoms with Gasteiger partial charge in [0.2, 0.25) is 0 Å². The highest BCUT2D eigenvalue weighted by atomic mass is 32.1. The summed E-state index contributed by atoms with van der Waals surface area (Å²) in [5.41, 5.74) is 5.41. The molecule has 7 heteroatoms. The predicted octanol–water partition coefficient (Wildman–Crippen LogP) is 2.08. The molecule has 84 valence electrons. The Morgan fingerprint density at radius 3 is 2.67 bits per heavy atom. The molecule has 0 saturated carbocycles. The number of carbonyl (C=O) groups is 1. The van der Waals surface area contributed by atoms with Crippen molar-refractivity contribution in [3.8, 4) is 0 Å². The quantitative estimate of drug-likeness (QED) is 0.820. The van der Waals surface area contributed by atoms with Crippen molar-refractivity contribution >= 4 is 17.1 Å². The third-order valence-corrected chi connectivity index (χ3v) is 2.82. The van der Waals surface area contributed by atoms with Crippen LogP contribution in [0.15, 0.2) is 6.20 Å². The van der Waals surface area contributed by atoms with Crippen LogP contribution in [0.25, 0.3) is 0 Å². The fraction of sp³-hybridized carbons (Fsp3) is 0.500. The van der Waals surface area contributed by atoms with Crippen LogP contribution < -0.4 is 5.73 Å². The standard InChI is InChI=1S/C8H9F3N2OS/c1-2-4(12)6(14)5-3-13-7(15-5)8(9,10)11/h3-4H,2,12H2,1H3. The molecule has 15 heavy (non-hydrogen) atoms. The molecule has 0 amide bonds. The number of alkyl halides is 3. The van der Waals surface area contributed by atoms with E-state index in [2.05, 4.69) is 4.98 Å². The van der Waals surface area contributed by atoms with Crippen LogP contribution in [0.3, 0.4) is 0 Å². The van der Waals surface area contributed by atoms with E-state index in [0.29, 0.717) is 17.8 Å². The molecule has 1 aromatic rings. The zero-order chi connectivity index (χ0) is 11.6. The minimum Gasteiger partial charge on any atom is -0.321 e. The molecule has 1 heterocycles. The summed E-state index contributed by atoms with van der Waals surface area (Å²) >= 11 is 0.326. The lowest BCUT2D eigenvalue weighted by atomic mass is 10.1. The number of hydrogen-bond donors (Lipinski definition) is 1. The summed E-state index contributed by atoms with van der Waals surface area (Å²) in [6.07, 6.45) is -3.19. The summed E-state index contributed by atoms with van der Waals surface area (Å²) in [6, 6.07) is -0.758. The van der Waals surface area contributed by atoms with Gasteiger partial charge in [0.15, 0.2) is 10.8 Å². The predicted molar refractivity (Wildman–Crippen MR) is 49.7 cm³/mol. The van der Waals surface area contributed by atoms with Gasteiger partial charge in [0.05, 0.1) is 10.9 Å². The van der Waals surface area contributed by atoms with Crippen LogP contribution in [0, 0.1) is 0 Å². The van der Waals surface area contributed by atoms with Crippen LogP contribution >= 0.6 is 11.3 Å². The van der Waals surface area contributed by atoms with E-state index in [9.17, 15) is 18.0 Å². The number of rotatable bonds is 3. The first-order valence-electron chi connectivity index (χ1n) is 4.19. The van der Waals surface area contributed by atoms with Crippen molar-refractivity contribution in [3.63, 3.8) is 0 Å². The van der Waals surface area contributed by atoms with Crippen molar-refractivity contribution < 1.29 is 18.0 Å². The van der Waals surface area contributed by atoms with Crippen molar-refractivity contribution in [3.05, 3.63) is 16.1 Å². The number of hydrogen-bond acceptors (Lipinski definition) is 4. The molecular formula is C8H9F3N2OS. The van der Waals surface area contributed by atoms with Gasteiger partial charge in [0.1, 0.15) is 0 Å². The van der Waals surface area contributed by atoms with Gasteiger partial charge < -0.3 is 5.73 Å². The Balaban J connectivity index is 2.90. The molecule has 1 rings (SSSR count). The number of carbonyl (C=O) groups excluding carboxylic acids is 1. The molecule has 0 spiro atoms. The Kier molecular flexibility index (Phi) is 3.46. The first-order chi connectivity index (χ1) is 6.86. The van der Waals surface area contributed by atoms with Crippen molar-refractivity contribution in [2.75, 3.05) is 0 Å². The topological polar surface area (TPSA) is 56.0 Å². The van der Waals surface area contributed by atoms with E-state index in [1.807, 2.05) is 0 Å². The third kappa shape index (κ3) is 2.75. The zero-order valence-corrected chi connectivity index (χ0v) is 8.65. The van der Waals surface area contributed by atoms with E-state index in [1.54, 1.807) is 6.92 Å². The van der Waals surface area contributed by atoms with Gasteiger partial charge >= 0.3 is 6.18 Å². The fourth-order valence-corrected chi connectivity index (χ4v) is 1.67. The number of nitrogens with two attached hydrogens (primary N) is 1. The molecule has 3 nitrogen and oxygen atoms in total. The Bertz CT molecular complexity index is 361. The van der Waals surface area contributed by atoms with Crippen molar-refractivity contribution in [2.24, 2.45) is 5.73 Å². The molecule has 0 aromatic carbocycles. The van der Waals surface area contributed by atoms with Crippen LogP contribution in [-0.4, -0.2) is 16.8 Å². The molecule has 0 saturated heterocycles. The van der Waals surface area contributed by atoms with Gasteiger partial charge in [-0.05, 0) is 6.42 Å². The summed E-state index contributed by atoms with van der Waals surface area (Å²) < 4.78 is 36.5. The van der Waals surface area contributed by atoms with Gasteiger partial charge in [-0.1, -0.05) is 6.92 Å².